The Balaban J connectivity index is 0.00000288. The number of nitrogens with two attached hydrogens (primary N) is 1. The SMILES string of the molecule is CC(N)C(C)C(=O)NCc1ccccc1CN1CCC(O)CC1.Cl.Cl. The van der Waals surface area contributed by atoms with Crippen molar-refractivity contribution in [3.05, 3.63) is 35.4 Å². The van der Waals surface area contributed by atoms with Crippen molar-refractivity contribution in [2.75, 3.05) is 13.1 Å². The van der Waals surface area contributed by atoms with Gasteiger partial charge in [-0.1, -0.05) is 31.2 Å². The van der Waals surface area contributed by atoms with E-state index in [0.717, 1.165) is 38.0 Å². The number of carbonyl (C=O) groups is 1. The number of benzene rings is 1. The van der Waals surface area contributed by atoms with Gasteiger partial charge in [0.2, 0.25) is 5.91 Å². The molecule has 1 amide bonds. The van der Waals surface area contributed by atoms with Gasteiger partial charge in [0.1, 0.15) is 0 Å². The van der Waals surface area contributed by atoms with Gasteiger partial charge in [0.05, 0.1) is 6.10 Å². The molecule has 25 heavy (non-hydrogen) atoms. The molecule has 0 aliphatic carbocycles. The van der Waals surface area contributed by atoms with E-state index in [1.54, 1.807) is 0 Å². The molecule has 0 spiro atoms. The molecule has 2 unspecified atom stereocenters. The molecule has 0 aromatic heterocycles. The van der Waals surface area contributed by atoms with Gasteiger partial charge >= 0.3 is 0 Å². The number of carbonyl (C=O) groups excluding carboxylic acids is 1. The smallest absolute Gasteiger partial charge is 0.224 e. The maximum Gasteiger partial charge on any atom is 0.224 e. The summed E-state index contributed by atoms with van der Waals surface area (Å²) >= 11 is 0. The Labute approximate surface area is 163 Å². The van der Waals surface area contributed by atoms with Crippen molar-refractivity contribution in [2.45, 2.75) is 51.9 Å². The van der Waals surface area contributed by atoms with E-state index in [1.165, 1.54) is 5.56 Å². The van der Waals surface area contributed by atoms with Crippen LogP contribution in [0.5, 0.6) is 0 Å². The first kappa shape index (κ1) is 24.1. The molecule has 2 rings (SSSR count). The molecule has 4 N–H and O–H groups in total. The van der Waals surface area contributed by atoms with Crippen molar-refractivity contribution >= 4 is 30.7 Å². The number of amides is 1. The minimum atomic E-state index is -0.189. The van der Waals surface area contributed by atoms with Gasteiger partial charge in [-0.3, -0.25) is 9.69 Å². The van der Waals surface area contributed by atoms with Crippen LogP contribution in [0.2, 0.25) is 0 Å². The van der Waals surface area contributed by atoms with E-state index in [1.807, 2.05) is 26.0 Å². The first-order valence-corrected chi connectivity index (χ1v) is 8.48. The van der Waals surface area contributed by atoms with Gasteiger partial charge in [0, 0.05) is 38.1 Å². The number of rotatable bonds is 6. The minimum absolute atomic E-state index is 0. The van der Waals surface area contributed by atoms with Gasteiger partial charge in [-0.05, 0) is 30.9 Å². The molecular weight excluding hydrogens is 361 g/mol. The topological polar surface area (TPSA) is 78.6 Å². The highest BCUT2D eigenvalue weighted by Gasteiger charge is 2.19. The highest BCUT2D eigenvalue weighted by atomic mass is 35.5. The van der Waals surface area contributed by atoms with Crippen LogP contribution in [0.4, 0.5) is 0 Å². The zero-order valence-electron chi connectivity index (χ0n) is 15.0. The molecule has 7 heteroatoms. The summed E-state index contributed by atoms with van der Waals surface area (Å²) in [7, 11) is 0. The van der Waals surface area contributed by atoms with E-state index in [9.17, 15) is 9.90 Å². The maximum absolute atomic E-state index is 12.1. The zero-order valence-corrected chi connectivity index (χ0v) is 16.6. The molecule has 0 saturated carbocycles. The zero-order chi connectivity index (χ0) is 16.8. The van der Waals surface area contributed by atoms with Crippen molar-refractivity contribution in [3.8, 4) is 0 Å². The van der Waals surface area contributed by atoms with Crippen molar-refractivity contribution in [3.63, 3.8) is 0 Å². The molecule has 2 atom stereocenters. The number of aliphatic hydroxyl groups is 1. The predicted molar refractivity (Wildman–Crippen MR) is 106 cm³/mol. The van der Waals surface area contributed by atoms with E-state index in [-0.39, 0.29) is 48.8 Å². The molecule has 0 bridgehead atoms. The van der Waals surface area contributed by atoms with Gasteiger partial charge in [0.15, 0.2) is 0 Å². The number of hydrogen-bond donors (Lipinski definition) is 3. The number of halogens is 2. The molecule has 1 fully saturated rings. The van der Waals surface area contributed by atoms with E-state index >= 15 is 0 Å². The number of likely N-dealkylation sites (tertiary alicyclic amines) is 1. The van der Waals surface area contributed by atoms with Crippen LogP contribution in [0.15, 0.2) is 24.3 Å². The Bertz CT molecular complexity index is 521. The van der Waals surface area contributed by atoms with Crippen LogP contribution in [-0.2, 0) is 17.9 Å². The van der Waals surface area contributed by atoms with Crippen molar-refractivity contribution in [1.29, 1.82) is 0 Å². The van der Waals surface area contributed by atoms with Crippen molar-refractivity contribution in [2.24, 2.45) is 11.7 Å². The Hall–Kier alpha value is -0.850. The fourth-order valence-corrected chi connectivity index (χ4v) is 2.78. The molecule has 1 aromatic rings. The predicted octanol–water partition coefficient (Wildman–Crippen LogP) is 2.09. The molecule has 1 saturated heterocycles. The summed E-state index contributed by atoms with van der Waals surface area (Å²) in [5.74, 6) is -0.193. The lowest BCUT2D eigenvalue weighted by molar-refractivity contribution is -0.125. The summed E-state index contributed by atoms with van der Waals surface area (Å²) in [6, 6.07) is 8.06. The summed E-state index contributed by atoms with van der Waals surface area (Å²) in [6.45, 7) is 6.94. The lowest BCUT2D eigenvalue weighted by atomic mass is 10.0. The van der Waals surface area contributed by atoms with E-state index in [0.29, 0.717) is 6.54 Å². The molecule has 1 aliphatic heterocycles. The first-order valence-electron chi connectivity index (χ1n) is 8.48. The second-order valence-electron chi connectivity index (χ2n) is 6.64. The van der Waals surface area contributed by atoms with Crippen molar-refractivity contribution < 1.29 is 9.90 Å². The summed E-state index contributed by atoms with van der Waals surface area (Å²) < 4.78 is 0. The lowest BCUT2D eigenvalue weighted by Crippen LogP contribution is -2.38. The number of aliphatic hydroxyl groups excluding tert-OH is 1. The van der Waals surface area contributed by atoms with Crippen LogP contribution in [0.3, 0.4) is 0 Å². The highest BCUT2D eigenvalue weighted by molar-refractivity contribution is 5.85. The van der Waals surface area contributed by atoms with Crippen LogP contribution in [0.25, 0.3) is 0 Å². The van der Waals surface area contributed by atoms with Crippen molar-refractivity contribution in [1.82, 2.24) is 10.2 Å². The Morgan fingerprint density at radius 3 is 2.36 bits per heavy atom. The number of piperidine rings is 1. The van der Waals surface area contributed by atoms with Gasteiger partial charge in [-0.15, -0.1) is 24.8 Å². The summed E-state index contributed by atoms with van der Waals surface area (Å²) in [5.41, 5.74) is 8.16. The molecule has 1 aromatic carbocycles. The van der Waals surface area contributed by atoms with Crippen LogP contribution in [0, 0.1) is 5.92 Å². The van der Waals surface area contributed by atoms with Gasteiger partial charge in [0.25, 0.3) is 0 Å². The fraction of sp³-hybridized carbons (Fsp3) is 0.611. The third kappa shape index (κ3) is 7.50. The van der Waals surface area contributed by atoms with E-state index in [4.69, 9.17) is 5.73 Å². The Morgan fingerprint density at radius 2 is 1.80 bits per heavy atom. The van der Waals surface area contributed by atoms with Gasteiger partial charge in [-0.2, -0.15) is 0 Å². The normalized spacial score (nSPS) is 17.8. The lowest BCUT2D eigenvalue weighted by Gasteiger charge is -2.30. The van der Waals surface area contributed by atoms with Crippen LogP contribution >= 0.6 is 24.8 Å². The molecule has 144 valence electrons. The standard InChI is InChI=1S/C18H29N3O2.2ClH/c1-13(14(2)19)18(23)20-11-15-5-3-4-6-16(15)12-21-9-7-17(22)8-10-21;;/h3-6,13-14,17,22H,7-12,19H2,1-2H3,(H,20,23);2*1H. The van der Waals surface area contributed by atoms with Gasteiger partial charge in [-0.25, -0.2) is 0 Å². The quantitative estimate of drug-likeness (QED) is 0.693. The Morgan fingerprint density at radius 1 is 1.24 bits per heavy atom. The largest absolute Gasteiger partial charge is 0.393 e. The number of hydrogen-bond acceptors (Lipinski definition) is 4. The van der Waals surface area contributed by atoms with E-state index in [2.05, 4.69) is 22.3 Å². The van der Waals surface area contributed by atoms with Crippen LogP contribution < -0.4 is 11.1 Å². The summed E-state index contributed by atoms with van der Waals surface area (Å²) in [6.07, 6.45) is 1.52. The van der Waals surface area contributed by atoms with E-state index < -0.39 is 0 Å². The summed E-state index contributed by atoms with van der Waals surface area (Å²) in [5, 5.41) is 12.6. The average molecular weight is 392 g/mol. The number of nitrogens with one attached hydrogen (secondary N) is 1. The molecule has 5 nitrogen and oxygen atoms in total. The maximum atomic E-state index is 12.1. The van der Waals surface area contributed by atoms with Gasteiger partial charge < -0.3 is 16.2 Å². The molecular formula is C18H31Cl2N3O2. The minimum Gasteiger partial charge on any atom is -0.393 e. The fourth-order valence-electron chi connectivity index (χ4n) is 2.78. The molecule has 1 heterocycles. The first-order chi connectivity index (χ1) is 11.0. The van der Waals surface area contributed by atoms with Crippen LogP contribution in [-0.4, -0.2) is 41.1 Å². The number of nitrogens with zero attached hydrogens (tertiary/aromatic N) is 1. The molecule has 0 radical (unpaired) electrons. The monoisotopic (exact) mass is 391 g/mol. The third-order valence-corrected chi connectivity index (χ3v) is 4.72. The van der Waals surface area contributed by atoms with Crippen LogP contribution in [0.1, 0.15) is 37.8 Å². The highest BCUT2D eigenvalue weighted by Crippen LogP contribution is 2.16. The third-order valence-electron chi connectivity index (χ3n) is 4.72. The second kappa shape index (κ2) is 11.7. The molecule has 1 aliphatic rings. The average Bonchev–Trinajstić information content (AvgIpc) is 2.55. The summed E-state index contributed by atoms with van der Waals surface area (Å²) in [4.78, 5) is 14.4. The second-order valence-corrected chi connectivity index (χ2v) is 6.64. The Kier molecular flexibility index (Phi) is 11.3.